The maximum absolute atomic E-state index is 13.3. The lowest BCUT2D eigenvalue weighted by Gasteiger charge is -2.40. The van der Waals surface area contributed by atoms with Crippen LogP contribution in [0, 0.1) is 23.6 Å². The van der Waals surface area contributed by atoms with Crippen molar-refractivity contribution in [3.8, 4) is 0 Å². The second-order valence-corrected chi connectivity index (χ2v) is 6.62. The number of nitrogens with zero attached hydrogens (tertiary/aromatic N) is 1. The summed E-state index contributed by atoms with van der Waals surface area (Å²) in [4.78, 5) is 29.7. The van der Waals surface area contributed by atoms with E-state index in [2.05, 4.69) is 10.3 Å². The third kappa shape index (κ3) is 2.92. The van der Waals surface area contributed by atoms with Gasteiger partial charge in [0.05, 0.1) is 0 Å². The lowest BCUT2D eigenvalue weighted by Crippen LogP contribution is -2.54. The molecule has 3 rings (SSSR count). The van der Waals surface area contributed by atoms with E-state index in [1.165, 1.54) is 12.1 Å². The number of aliphatic imine (C=N–C) groups is 1. The molecule has 0 spiro atoms. The average Bonchev–Trinajstić information content (AvgIpc) is 2.53. The van der Waals surface area contributed by atoms with Crippen LogP contribution in [-0.2, 0) is 9.59 Å². The molecule has 0 aliphatic carbocycles. The Hall–Kier alpha value is -2.04. The standard InChI is InChI=1S/C18H21FN2O2/c1-10(2)16(22)15-14(11-5-7-12(19)8-6-11)13-4-3-9-20-17(13)21-18(15)23/h5-8,10,13-15H,3-4,9H2,1-2H3,(H,20,21,23). The third-order valence-electron chi connectivity index (χ3n) is 4.76. The van der Waals surface area contributed by atoms with Gasteiger partial charge in [0.15, 0.2) is 0 Å². The summed E-state index contributed by atoms with van der Waals surface area (Å²) in [5, 5.41) is 2.83. The predicted octanol–water partition coefficient (Wildman–Crippen LogP) is 2.69. The highest BCUT2D eigenvalue weighted by Gasteiger charge is 2.47. The van der Waals surface area contributed by atoms with Crippen molar-refractivity contribution < 1.29 is 14.0 Å². The maximum atomic E-state index is 13.3. The highest BCUT2D eigenvalue weighted by molar-refractivity contribution is 6.13. The second kappa shape index (κ2) is 6.22. The molecule has 1 aromatic carbocycles. The summed E-state index contributed by atoms with van der Waals surface area (Å²) < 4.78 is 13.3. The quantitative estimate of drug-likeness (QED) is 0.872. The van der Waals surface area contributed by atoms with Crippen LogP contribution in [0.15, 0.2) is 29.3 Å². The van der Waals surface area contributed by atoms with E-state index in [0.717, 1.165) is 18.4 Å². The molecule has 5 heteroatoms. The van der Waals surface area contributed by atoms with Gasteiger partial charge in [0.1, 0.15) is 23.4 Å². The second-order valence-electron chi connectivity index (χ2n) is 6.62. The molecule has 0 aromatic heterocycles. The van der Waals surface area contributed by atoms with Crippen molar-refractivity contribution in [1.29, 1.82) is 0 Å². The number of ketones is 1. The Kier molecular flexibility index (Phi) is 4.28. The van der Waals surface area contributed by atoms with E-state index < -0.39 is 5.92 Å². The zero-order valence-electron chi connectivity index (χ0n) is 13.4. The van der Waals surface area contributed by atoms with E-state index in [-0.39, 0.29) is 35.3 Å². The van der Waals surface area contributed by atoms with Crippen molar-refractivity contribution in [1.82, 2.24) is 5.32 Å². The molecule has 1 fully saturated rings. The van der Waals surface area contributed by atoms with E-state index >= 15 is 0 Å². The largest absolute Gasteiger partial charge is 0.314 e. The van der Waals surface area contributed by atoms with E-state index in [4.69, 9.17) is 0 Å². The number of carbonyl (C=O) groups is 2. The zero-order valence-corrected chi connectivity index (χ0v) is 13.4. The minimum atomic E-state index is -0.734. The monoisotopic (exact) mass is 316 g/mol. The topological polar surface area (TPSA) is 58.5 Å². The first-order valence-electron chi connectivity index (χ1n) is 8.13. The summed E-state index contributed by atoms with van der Waals surface area (Å²) in [6.45, 7) is 4.31. The molecule has 122 valence electrons. The zero-order chi connectivity index (χ0) is 16.6. The lowest BCUT2D eigenvalue weighted by atomic mass is 9.68. The summed E-state index contributed by atoms with van der Waals surface area (Å²) in [5.41, 5.74) is 0.833. The van der Waals surface area contributed by atoms with Crippen molar-refractivity contribution in [2.24, 2.45) is 22.7 Å². The Morgan fingerprint density at radius 3 is 2.65 bits per heavy atom. The number of amides is 1. The van der Waals surface area contributed by atoms with Crippen LogP contribution in [0.25, 0.3) is 0 Å². The first-order valence-corrected chi connectivity index (χ1v) is 8.13. The van der Waals surface area contributed by atoms with Gasteiger partial charge in [0, 0.05) is 24.3 Å². The molecular weight excluding hydrogens is 295 g/mol. The number of piperidine rings is 1. The van der Waals surface area contributed by atoms with Gasteiger partial charge in [-0.3, -0.25) is 14.6 Å². The number of rotatable bonds is 3. The Labute approximate surface area is 135 Å². The summed E-state index contributed by atoms with van der Waals surface area (Å²) >= 11 is 0. The van der Waals surface area contributed by atoms with Crippen LogP contribution in [0.2, 0.25) is 0 Å². The molecule has 1 N–H and O–H groups in total. The minimum Gasteiger partial charge on any atom is -0.314 e. The molecular formula is C18H21FN2O2. The third-order valence-corrected chi connectivity index (χ3v) is 4.76. The summed E-state index contributed by atoms with van der Waals surface area (Å²) in [7, 11) is 0. The lowest BCUT2D eigenvalue weighted by molar-refractivity contribution is -0.137. The number of benzene rings is 1. The minimum absolute atomic E-state index is 0.0135. The van der Waals surface area contributed by atoms with Gasteiger partial charge >= 0.3 is 0 Å². The van der Waals surface area contributed by atoms with Crippen molar-refractivity contribution >= 4 is 17.5 Å². The molecule has 2 aliphatic rings. The molecule has 23 heavy (non-hydrogen) atoms. The van der Waals surface area contributed by atoms with Gasteiger partial charge in [-0.1, -0.05) is 26.0 Å². The van der Waals surface area contributed by atoms with E-state index in [1.807, 2.05) is 13.8 Å². The molecule has 0 saturated carbocycles. The summed E-state index contributed by atoms with van der Waals surface area (Å²) in [6, 6.07) is 6.15. The normalized spacial score (nSPS) is 27.2. The Balaban J connectivity index is 2.07. The fraction of sp³-hybridized carbons (Fsp3) is 0.500. The molecule has 3 unspecified atom stereocenters. The van der Waals surface area contributed by atoms with Crippen LogP contribution in [0.4, 0.5) is 4.39 Å². The molecule has 0 radical (unpaired) electrons. The van der Waals surface area contributed by atoms with Gasteiger partial charge in [-0.15, -0.1) is 0 Å². The van der Waals surface area contributed by atoms with E-state index in [0.29, 0.717) is 12.4 Å². The number of hydrogen-bond donors (Lipinski definition) is 1. The van der Waals surface area contributed by atoms with Crippen molar-refractivity contribution in [2.45, 2.75) is 32.6 Å². The van der Waals surface area contributed by atoms with Gasteiger partial charge in [-0.2, -0.15) is 0 Å². The molecule has 1 amide bonds. The Morgan fingerprint density at radius 1 is 1.30 bits per heavy atom. The average molecular weight is 316 g/mol. The van der Waals surface area contributed by atoms with Crippen LogP contribution in [-0.4, -0.2) is 24.1 Å². The molecule has 3 atom stereocenters. The van der Waals surface area contributed by atoms with Crippen LogP contribution in [0.5, 0.6) is 0 Å². The molecule has 2 aliphatic heterocycles. The number of carbonyl (C=O) groups excluding carboxylic acids is 2. The molecule has 4 nitrogen and oxygen atoms in total. The molecule has 2 heterocycles. The van der Waals surface area contributed by atoms with Gasteiger partial charge in [0.25, 0.3) is 0 Å². The van der Waals surface area contributed by atoms with Crippen molar-refractivity contribution in [3.05, 3.63) is 35.6 Å². The van der Waals surface area contributed by atoms with Gasteiger partial charge < -0.3 is 5.32 Å². The van der Waals surface area contributed by atoms with E-state index in [9.17, 15) is 14.0 Å². The van der Waals surface area contributed by atoms with Crippen LogP contribution >= 0.6 is 0 Å². The first-order chi connectivity index (χ1) is 11.0. The van der Waals surface area contributed by atoms with Gasteiger partial charge in [-0.25, -0.2) is 4.39 Å². The van der Waals surface area contributed by atoms with E-state index in [1.54, 1.807) is 12.1 Å². The predicted molar refractivity (Wildman–Crippen MR) is 85.6 cm³/mol. The number of nitrogens with one attached hydrogen (secondary N) is 1. The number of amidine groups is 1. The maximum Gasteiger partial charge on any atom is 0.236 e. The summed E-state index contributed by atoms with van der Waals surface area (Å²) in [6.07, 6.45) is 1.81. The van der Waals surface area contributed by atoms with Crippen molar-refractivity contribution in [2.75, 3.05) is 6.54 Å². The fourth-order valence-corrected chi connectivity index (χ4v) is 3.62. The highest BCUT2D eigenvalue weighted by Crippen LogP contribution is 2.41. The molecule has 1 saturated heterocycles. The summed E-state index contributed by atoms with van der Waals surface area (Å²) in [5.74, 6) is -1.20. The Bertz CT molecular complexity index is 651. The molecule has 0 bridgehead atoms. The Morgan fingerprint density at radius 2 is 2.00 bits per heavy atom. The SMILES string of the molecule is CC(C)C(=O)C1C(=O)NC2=NCCCC2C1c1ccc(F)cc1. The number of halogens is 1. The highest BCUT2D eigenvalue weighted by atomic mass is 19.1. The van der Waals surface area contributed by atoms with Crippen molar-refractivity contribution in [3.63, 3.8) is 0 Å². The van der Waals surface area contributed by atoms with Crippen LogP contribution < -0.4 is 5.32 Å². The van der Waals surface area contributed by atoms with Crippen LogP contribution in [0.1, 0.15) is 38.2 Å². The number of fused-ring (bicyclic) bond motifs is 1. The van der Waals surface area contributed by atoms with Gasteiger partial charge in [-0.05, 0) is 30.5 Å². The van der Waals surface area contributed by atoms with Crippen LogP contribution in [0.3, 0.4) is 0 Å². The molecule has 1 aromatic rings. The first kappa shape index (κ1) is 15.8. The van der Waals surface area contributed by atoms with Gasteiger partial charge in [0.2, 0.25) is 5.91 Å². The number of hydrogen-bond acceptors (Lipinski definition) is 3. The smallest absolute Gasteiger partial charge is 0.236 e. The number of Topliss-reactive ketones (excluding diaryl/α,β-unsaturated/α-hetero) is 1. The fourth-order valence-electron chi connectivity index (χ4n) is 3.62.